The molecule has 0 spiro atoms. The van der Waals surface area contributed by atoms with Crippen molar-refractivity contribution < 1.29 is 4.79 Å². The zero-order chi connectivity index (χ0) is 18.9. The molecule has 3 aromatic rings. The number of aromatic nitrogens is 3. The largest absolute Gasteiger partial charge is 0.332 e. The van der Waals surface area contributed by atoms with Crippen molar-refractivity contribution in [3.05, 3.63) is 52.6 Å². The van der Waals surface area contributed by atoms with Crippen molar-refractivity contribution in [3.63, 3.8) is 0 Å². The van der Waals surface area contributed by atoms with E-state index in [9.17, 15) is 4.79 Å². The van der Waals surface area contributed by atoms with Crippen molar-refractivity contribution in [2.24, 2.45) is 0 Å². The fraction of sp³-hybridized carbons (Fsp3) is 0.429. The number of nitrogens with one attached hydrogen (secondary N) is 1. The molecule has 1 atom stereocenters. The molecular formula is C21H23N5OS. The minimum atomic E-state index is 0.0167. The van der Waals surface area contributed by atoms with Crippen molar-refractivity contribution >= 4 is 27.5 Å². The van der Waals surface area contributed by atoms with E-state index < -0.39 is 0 Å². The molecule has 28 heavy (non-hydrogen) atoms. The highest BCUT2D eigenvalue weighted by molar-refractivity contribution is 7.18. The Hall–Kier alpha value is -2.38. The monoisotopic (exact) mass is 393 g/mol. The summed E-state index contributed by atoms with van der Waals surface area (Å²) >= 11 is 1.68. The molecule has 2 aromatic heterocycles. The van der Waals surface area contributed by atoms with Gasteiger partial charge in [0.2, 0.25) is 5.91 Å². The standard InChI is InChI=1S/C21H23N5OS/c27-20(8-7-19-24-16-4-1-2-6-18(16)28-19)26-11-3-5-17(26)21-23-13-14-12-22-10-9-15(14)25-21/h1-2,4,6,13,17,22H,3,5,7-12H2. The Labute approximate surface area is 168 Å². The van der Waals surface area contributed by atoms with Crippen LogP contribution in [0.1, 0.15) is 47.4 Å². The van der Waals surface area contributed by atoms with Crippen LogP contribution >= 0.6 is 11.3 Å². The summed E-state index contributed by atoms with van der Waals surface area (Å²) in [4.78, 5) is 29.0. The van der Waals surface area contributed by atoms with Gasteiger partial charge in [-0.05, 0) is 25.0 Å². The lowest BCUT2D eigenvalue weighted by Gasteiger charge is -2.25. The number of fused-ring (bicyclic) bond motifs is 2. The van der Waals surface area contributed by atoms with Gasteiger partial charge in [0.15, 0.2) is 5.82 Å². The Morgan fingerprint density at radius 2 is 2.21 bits per heavy atom. The molecule has 6 nitrogen and oxygen atoms in total. The average molecular weight is 394 g/mol. The fourth-order valence-corrected chi connectivity index (χ4v) is 5.10. The van der Waals surface area contributed by atoms with Crippen LogP contribution < -0.4 is 5.32 Å². The summed E-state index contributed by atoms with van der Waals surface area (Å²) in [6.45, 7) is 2.59. The number of hydrogen-bond donors (Lipinski definition) is 1. The summed E-state index contributed by atoms with van der Waals surface area (Å²) in [6.07, 6.45) is 6.02. The second-order valence-corrected chi connectivity index (χ2v) is 8.56. The summed E-state index contributed by atoms with van der Waals surface area (Å²) in [6, 6.07) is 8.15. The molecule has 1 aromatic carbocycles. The van der Waals surface area contributed by atoms with E-state index in [1.165, 1.54) is 10.3 Å². The molecule has 1 saturated heterocycles. The highest BCUT2D eigenvalue weighted by Crippen LogP contribution is 2.31. The van der Waals surface area contributed by atoms with Crippen LogP contribution in [-0.4, -0.2) is 38.8 Å². The van der Waals surface area contributed by atoms with Crippen molar-refractivity contribution in [1.82, 2.24) is 25.2 Å². The van der Waals surface area contributed by atoms with E-state index in [-0.39, 0.29) is 11.9 Å². The second-order valence-electron chi connectivity index (χ2n) is 7.45. The number of amides is 1. The second kappa shape index (κ2) is 7.56. The number of carbonyl (C=O) groups is 1. The van der Waals surface area contributed by atoms with E-state index in [4.69, 9.17) is 4.98 Å². The Morgan fingerprint density at radius 3 is 3.14 bits per heavy atom. The smallest absolute Gasteiger partial charge is 0.223 e. The van der Waals surface area contributed by atoms with Crippen molar-refractivity contribution in [2.75, 3.05) is 13.1 Å². The van der Waals surface area contributed by atoms with Crippen LogP contribution in [0.3, 0.4) is 0 Å². The van der Waals surface area contributed by atoms with E-state index >= 15 is 0 Å². The van der Waals surface area contributed by atoms with Gasteiger partial charge in [-0.25, -0.2) is 15.0 Å². The molecule has 0 saturated carbocycles. The lowest BCUT2D eigenvalue weighted by Crippen LogP contribution is -2.32. The first-order valence-electron chi connectivity index (χ1n) is 9.97. The van der Waals surface area contributed by atoms with Gasteiger partial charge in [-0.3, -0.25) is 4.79 Å². The number of likely N-dealkylation sites (tertiary alicyclic amines) is 1. The molecule has 7 heteroatoms. The zero-order valence-electron chi connectivity index (χ0n) is 15.7. The van der Waals surface area contributed by atoms with Crippen molar-refractivity contribution in [1.29, 1.82) is 0 Å². The lowest BCUT2D eigenvalue weighted by molar-refractivity contribution is -0.132. The van der Waals surface area contributed by atoms with Gasteiger partial charge in [0, 0.05) is 56.4 Å². The molecule has 1 N–H and O–H groups in total. The average Bonchev–Trinajstić information content (AvgIpc) is 3.38. The molecule has 144 valence electrons. The highest BCUT2D eigenvalue weighted by Gasteiger charge is 2.32. The summed E-state index contributed by atoms with van der Waals surface area (Å²) in [7, 11) is 0. The van der Waals surface area contributed by atoms with E-state index in [0.717, 1.165) is 60.9 Å². The summed E-state index contributed by atoms with van der Waals surface area (Å²) in [5.41, 5.74) is 3.34. The van der Waals surface area contributed by atoms with Gasteiger partial charge in [0.1, 0.15) is 0 Å². The maximum atomic E-state index is 12.9. The van der Waals surface area contributed by atoms with Crippen molar-refractivity contribution in [3.8, 4) is 0 Å². The van der Waals surface area contributed by atoms with Crippen LogP contribution in [0.5, 0.6) is 0 Å². The maximum Gasteiger partial charge on any atom is 0.223 e. The molecule has 2 aliphatic heterocycles. The van der Waals surface area contributed by atoms with E-state index in [0.29, 0.717) is 12.8 Å². The Morgan fingerprint density at radius 1 is 1.29 bits per heavy atom. The van der Waals surface area contributed by atoms with E-state index in [1.54, 1.807) is 11.3 Å². The summed E-state index contributed by atoms with van der Waals surface area (Å²) in [5.74, 6) is 0.997. The van der Waals surface area contributed by atoms with Gasteiger partial charge >= 0.3 is 0 Å². The number of benzene rings is 1. The Balaban J connectivity index is 1.28. The first kappa shape index (κ1) is 17.7. The topological polar surface area (TPSA) is 71.0 Å². The minimum absolute atomic E-state index is 0.0167. The van der Waals surface area contributed by atoms with Gasteiger partial charge in [0.25, 0.3) is 0 Å². The summed E-state index contributed by atoms with van der Waals surface area (Å²) in [5, 5.41) is 4.38. The first-order chi connectivity index (χ1) is 13.8. The SMILES string of the molecule is O=C(CCc1nc2ccccc2s1)N1CCCC1c1ncc2c(n1)CCNC2. The van der Waals surface area contributed by atoms with Gasteiger partial charge in [0.05, 0.1) is 21.3 Å². The number of thiazole rings is 1. The van der Waals surface area contributed by atoms with E-state index in [2.05, 4.69) is 21.4 Å². The lowest BCUT2D eigenvalue weighted by atomic mass is 10.1. The van der Waals surface area contributed by atoms with Gasteiger partial charge in [-0.2, -0.15) is 0 Å². The molecular weight excluding hydrogens is 370 g/mol. The first-order valence-corrected chi connectivity index (χ1v) is 10.8. The van der Waals surface area contributed by atoms with Crippen molar-refractivity contribution in [2.45, 2.75) is 44.7 Å². The number of rotatable bonds is 4. The molecule has 1 amide bonds. The van der Waals surface area contributed by atoms with Crippen LogP contribution in [0.15, 0.2) is 30.5 Å². The number of nitrogens with zero attached hydrogens (tertiary/aromatic N) is 4. The Kier molecular flexibility index (Phi) is 4.78. The van der Waals surface area contributed by atoms with Gasteiger partial charge in [-0.1, -0.05) is 12.1 Å². The Bertz CT molecular complexity index is 984. The van der Waals surface area contributed by atoms with Crippen LogP contribution in [0.2, 0.25) is 0 Å². The third-order valence-corrected chi connectivity index (χ3v) is 6.69. The molecule has 4 heterocycles. The molecule has 0 bridgehead atoms. The maximum absolute atomic E-state index is 12.9. The number of para-hydroxylation sites is 1. The predicted octanol–water partition coefficient (Wildman–Crippen LogP) is 3.03. The normalized spacial score (nSPS) is 19.1. The highest BCUT2D eigenvalue weighted by atomic mass is 32.1. The molecule has 1 unspecified atom stereocenters. The molecule has 2 aliphatic rings. The quantitative estimate of drug-likeness (QED) is 0.738. The third-order valence-electron chi connectivity index (χ3n) is 5.59. The fourth-order valence-electron chi connectivity index (χ4n) is 4.13. The van der Waals surface area contributed by atoms with E-state index in [1.807, 2.05) is 29.3 Å². The van der Waals surface area contributed by atoms with Crippen LogP contribution in [0.4, 0.5) is 0 Å². The minimum Gasteiger partial charge on any atom is -0.332 e. The van der Waals surface area contributed by atoms with Crippen LogP contribution in [0.25, 0.3) is 10.2 Å². The van der Waals surface area contributed by atoms with Crippen LogP contribution in [0, 0.1) is 0 Å². The molecule has 1 fully saturated rings. The summed E-state index contributed by atoms with van der Waals surface area (Å²) < 4.78 is 1.18. The molecule has 0 aliphatic carbocycles. The third kappa shape index (κ3) is 3.40. The number of aryl methyl sites for hydroxylation is 1. The van der Waals surface area contributed by atoms with Gasteiger partial charge in [-0.15, -0.1) is 11.3 Å². The number of hydrogen-bond acceptors (Lipinski definition) is 6. The number of carbonyl (C=O) groups excluding carboxylic acids is 1. The molecule has 0 radical (unpaired) electrons. The molecule has 5 rings (SSSR count). The van der Waals surface area contributed by atoms with Crippen LogP contribution in [-0.2, 0) is 24.2 Å². The van der Waals surface area contributed by atoms with Gasteiger partial charge < -0.3 is 10.2 Å². The predicted molar refractivity (Wildman–Crippen MR) is 109 cm³/mol. The zero-order valence-corrected chi connectivity index (χ0v) is 16.5.